The van der Waals surface area contributed by atoms with E-state index in [0.717, 1.165) is 32.1 Å². The van der Waals surface area contributed by atoms with Gasteiger partial charge in [-0.1, -0.05) is 39.0 Å². The topological polar surface area (TPSA) is 78.4 Å². The van der Waals surface area contributed by atoms with E-state index in [2.05, 4.69) is 17.6 Å². The summed E-state index contributed by atoms with van der Waals surface area (Å²) >= 11 is 0. The summed E-state index contributed by atoms with van der Waals surface area (Å²) in [6, 6.07) is -0.435. The van der Waals surface area contributed by atoms with Crippen molar-refractivity contribution in [2.24, 2.45) is 11.3 Å². The molecule has 2 rings (SSSR count). The number of rotatable bonds is 4. The molecule has 21 heavy (non-hydrogen) atoms. The molecule has 2 aliphatic carbocycles. The molecule has 2 unspecified atom stereocenters. The molecule has 2 amide bonds. The Balaban J connectivity index is 1.79. The van der Waals surface area contributed by atoms with Crippen LogP contribution >= 0.6 is 0 Å². The Morgan fingerprint density at radius 2 is 1.76 bits per heavy atom. The maximum absolute atomic E-state index is 12.0. The minimum absolute atomic E-state index is 0.203. The molecule has 5 nitrogen and oxygen atoms in total. The number of carbonyl (C=O) groups excluding carboxylic acids is 1. The van der Waals surface area contributed by atoms with Crippen LogP contribution in [0, 0.1) is 11.3 Å². The highest BCUT2D eigenvalue weighted by atomic mass is 16.4. The second-order valence-electron chi connectivity index (χ2n) is 7.03. The molecule has 2 saturated carbocycles. The number of amides is 2. The lowest BCUT2D eigenvalue weighted by molar-refractivity contribution is -0.143. The Kier molecular flexibility index (Phi) is 5.48. The van der Waals surface area contributed by atoms with Crippen molar-refractivity contribution in [1.29, 1.82) is 0 Å². The summed E-state index contributed by atoms with van der Waals surface area (Å²) in [5.74, 6) is -1.23. The number of aliphatic carboxylic acids is 1. The Morgan fingerprint density at radius 3 is 2.43 bits per heavy atom. The first-order valence-electron chi connectivity index (χ1n) is 8.27. The fourth-order valence-corrected chi connectivity index (χ4v) is 3.69. The summed E-state index contributed by atoms with van der Waals surface area (Å²) in [4.78, 5) is 23.3. The lowest BCUT2D eigenvalue weighted by atomic mass is 9.76. The van der Waals surface area contributed by atoms with Crippen LogP contribution in [0.1, 0.15) is 64.7 Å². The van der Waals surface area contributed by atoms with Gasteiger partial charge in [-0.25, -0.2) is 4.79 Å². The summed E-state index contributed by atoms with van der Waals surface area (Å²) < 4.78 is 0. The smallest absolute Gasteiger partial charge is 0.315 e. The molecule has 0 bridgehead atoms. The van der Waals surface area contributed by atoms with Crippen LogP contribution in [0.3, 0.4) is 0 Å². The fraction of sp³-hybridized carbons (Fsp3) is 0.875. The van der Waals surface area contributed by atoms with Gasteiger partial charge in [0.25, 0.3) is 0 Å². The molecule has 0 aliphatic heterocycles. The van der Waals surface area contributed by atoms with Crippen LogP contribution in [0.15, 0.2) is 0 Å². The van der Waals surface area contributed by atoms with E-state index in [-0.39, 0.29) is 17.5 Å². The zero-order valence-electron chi connectivity index (χ0n) is 13.0. The Labute approximate surface area is 126 Å². The second-order valence-corrected chi connectivity index (χ2v) is 7.03. The summed E-state index contributed by atoms with van der Waals surface area (Å²) in [7, 11) is 0. The molecule has 0 aromatic heterocycles. The van der Waals surface area contributed by atoms with E-state index >= 15 is 0 Å². The van der Waals surface area contributed by atoms with E-state index in [4.69, 9.17) is 0 Å². The normalized spacial score (nSPS) is 28.6. The molecule has 0 heterocycles. The lowest BCUT2D eigenvalue weighted by Crippen LogP contribution is -2.50. The van der Waals surface area contributed by atoms with Crippen LogP contribution in [0.4, 0.5) is 4.79 Å². The summed E-state index contributed by atoms with van der Waals surface area (Å²) in [5.41, 5.74) is 0.203. The maximum Gasteiger partial charge on any atom is 0.315 e. The van der Waals surface area contributed by atoms with Gasteiger partial charge in [0, 0.05) is 12.6 Å². The zero-order valence-corrected chi connectivity index (χ0v) is 13.0. The highest BCUT2D eigenvalue weighted by Crippen LogP contribution is 2.34. The Morgan fingerprint density at radius 1 is 1.10 bits per heavy atom. The monoisotopic (exact) mass is 296 g/mol. The van der Waals surface area contributed by atoms with E-state index in [1.807, 2.05) is 0 Å². The molecule has 3 N–H and O–H groups in total. The molecular weight excluding hydrogens is 268 g/mol. The van der Waals surface area contributed by atoms with Crippen LogP contribution in [0.5, 0.6) is 0 Å². The SMILES string of the molecule is CC1(CNC(=O)NC2CCCCC2C(=O)O)CCCCC1. The number of carboxylic acid groups (broad SMARTS) is 1. The highest BCUT2D eigenvalue weighted by Gasteiger charge is 2.32. The number of urea groups is 1. The minimum atomic E-state index is -0.792. The molecule has 0 radical (unpaired) electrons. The van der Waals surface area contributed by atoms with Crippen molar-refractivity contribution in [3.8, 4) is 0 Å². The van der Waals surface area contributed by atoms with Gasteiger partial charge in [-0.05, 0) is 31.1 Å². The second kappa shape index (κ2) is 7.14. The van der Waals surface area contributed by atoms with Crippen LogP contribution in [0.2, 0.25) is 0 Å². The predicted molar refractivity (Wildman–Crippen MR) is 81.1 cm³/mol. The zero-order chi connectivity index (χ0) is 15.3. The van der Waals surface area contributed by atoms with Gasteiger partial charge >= 0.3 is 12.0 Å². The van der Waals surface area contributed by atoms with Gasteiger partial charge in [0.05, 0.1) is 5.92 Å². The van der Waals surface area contributed by atoms with Gasteiger partial charge in [-0.2, -0.15) is 0 Å². The third-order valence-corrected chi connectivity index (χ3v) is 5.14. The van der Waals surface area contributed by atoms with Crippen molar-refractivity contribution in [3.05, 3.63) is 0 Å². The number of carbonyl (C=O) groups is 2. The van der Waals surface area contributed by atoms with Crippen LogP contribution in [-0.2, 0) is 4.79 Å². The van der Waals surface area contributed by atoms with Crippen LogP contribution < -0.4 is 10.6 Å². The van der Waals surface area contributed by atoms with Gasteiger partial charge in [-0.3, -0.25) is 4.79 Å². The molecule has 0 saturated heterocycles. The van der Waals surface area contributed by atoms with Crippen LogP contribution in [0.25, 0.3) is 0 Å². The molecule has 2 aliphatic rings. The summed E-state index contributed by atoms with van der Waals surface area (Å²) in [6.45, 7) is 2.91. The molecule has 120 valence electrons. The number of carboxylic acids is 1. The largest absolute Gasteiger partial charge is 0.481 e. The van der Waals surface area contributed by atoms with E-state index < -0.39 is 11.9 Å². The van der Waals surface area contributed by atoms with Gasteiger partial charge in [0.2, 0.25) is 0 Å². The fourth-order valence-electron chi connectivity index (χ4n) is 3.69. The van der Waals surface area contributed by atoms with Gasteiger partial charge in [-0.15, -0.1) is 0 Å². The van der Waals surface area contributed by atoms with Crippen molar-refractivity contribution in [2.75, 3.05) is 6.54 Å². The van der Waals surface area contributed by atoms with Crippen molar-refractivity contribution in [3.63, 3.8) is 0 Å². The van der Waals surface area contributed by atoms with E-state index in [9.17, 15) is 14.7 Å². The molecular formula is C16H28N2O3. The number of hydrogen-bond acceptors (Lipinski definition) is 2. The molecule has 2 fully saturated rings. The number of hydrogen-bond donors (Lipinski definition) is 3. The molecule has 2 atom stereocenters. The minimum Gasteiger partial charge on any atom is -0.481 e. The van der Waals surface area contributed by atoms with Crippen molar-refractivity contribution in [1.82, 2.24) is 10.6 Å². The van der Waals surface area contributed by atoms with Crippen LogP contribution in [-0.4, -0.2) is 29.7 Å². The first-order valence-corrected chi connectivity index (χ1v) is 8.27. The van der Waals surface area contributed by atoms with Crippen molar-refractivity contribution >= 4 is 12.0 Å². The number of nitrogens with one attached hydrogen (secondary N) is 2. The average Bonchev–Trinajstić information content (AvgIpc) is 2.46. The van der Waals surface area contributed by atoms with E-state index in [1.54, 1.807) is 0 Å². The quantitative estimate of drug-likeness (QED) is 0.746. The van der Waals surface area contributed by atoms with Gasteiger partial charge in [0.1, 0.15) is 0 Å². The summed E-state index contributed by atoms with van der Waals surface area (Å²) in [5, 5.41) is 15.1. The molecule has 0 aromatic rings. The Bertz CT molecular complexity index is 378. The van der Waals surface area contributed by atoms with Gasteiger partial charge in [0.15, 0.2) is 0 Å². The maximum atomic E-state index is 12.0. The van der Waals surface area contributed by atoms with Crippen molar-refractivity contribution in [2.45, 2.75) is 70.8 Å². The molecule has 0 spiro atoms. The van der Waals surface area contributed by atoms with E-state index in [0.29, 0.717) is 13.0 Å². The lowest BCUT2D eigenvalue weighted by Gasteiger charge is -2.34. The summed E-state index contributed by atoms with van der Waals surface area (Å²) in [6.07, 6.45) is 9.46. The molecule has 0 aromatic carbocycles. The highest BCUT2D eigenvalue weighted by molar-refractivity contribution is 5.76. The van der Waals surface area contributed by atoms with E-state index in [1.165, 1.54) is 19.3 Å². The average molecular weight is 296 g/mol. The third kappa shape index (κ3) is 4.61. The van der Waals surface area contributed by atoms with Crippen molar-refractivity contribution < 1.29 is 14.7 Å². The standard InChI is InChI=1S/C16H28N2O3/c1-16(9-5-2-6-10-16)11-17-15(21)18-13-8-4-3-7-12(13)14(19)20/h12-13H,2-11H2,1H3,(H,19,20)(H2,17,18,21). The third-order valence-electron chi connectivity index (χ3n) is 5.14. The van der Waals surface area contributed by atoms with Gasteiger partial charge < -0.3 is 15.7 Å². The first-order chi connectivity index (χ1) is 10.0. The first kappa shape index (κ1) is 16.1. The Hall–Kier alpha value is -1.26. The predicted octanol–water partition coefficient (Wildman–Crippen LogP) is 2.90. The molecule has 5 heteroatoms.